The smallest absolute Gasteiger partial charge is 0.411 e. The standard InChI is InChI=1S/C27H26N2O5S/c1-35-15-14-24(26(31)32)29-25(30)17-10-12-18(13-11-17)28-27(33)34-16-23-21-8-4-2-6-19(21)20-7-3-5-9-22(20)23/h2-13,23-24H,14-16H2,1H3,(H,28,33)(H,29,30)(H,31,32)/t24-/m0/s1. The SMILES string of the molecule is CSCC[C@H](NC(=O)c1ccc(NC(=O)OCC2c3ccccc3-c3ccccc32)cc1)C(=O)O. The molecule has 0 saturated heterocycles. The van der Waals surface area contributed by atoms with Gasteiger partial charge in [0.25, 0.3) is 5.91 Å². The van der Waals surface area contributed by atoms with E-state index in [1.807, 2.05) is 30.5 Å². The summed E-state index contributed by atoms with van der Waals surface area (Å²) in [5.74, 6) is -0.958. The molecule has 0 aromatic heterocycles. The summed E-state index contributed by atoms with van der Waals surface area (Å²) in [6.07, 6.45) is 1.62. The zero-order valence-corrected chi connectivity index (χ0v) is 20.0. The average molecular weight is 491 g/mol. The van der Waals surface area contributed by atoms with Crippen molar-refractivity contribution in [2.75, 3.05) is 23.9 Å². The molecule has 0 saturated carbocycles. The first-order chi connectivity index (χ1) is 17.0. The van der Waals surface area contributed by atoms with Gasteiger partial charge in [-0.2, -0.15) is 11.8 Å². The zero-order chi connectivity index (χ0) is 24.8. The minimum Gasteiger partial charge on any atom is -0.480 e. The fourth-order valence-corrected chi connectivity index (χ4v) is 4.66. The number of carbonyl (C=O) groups is 3. The number of nitrogens with one attached hydrogen (secondary N) is 2. The summed E-state index contributed by atoms with van der Waals surface area (Å²) >= 11 is 1.52. The third kappa shape index (κ3) is 5.66. The molecular weight excluding hydrogens is 464 g/mol. The molecule has 2 amide bonds. The van der Waals surface area contributed by atoms with Crippen LogP contribution in [-0.2, 0) is 9.53 Å². The number of fused-ring (bicyclic) bond motifs is 3. The van der Waals surface area contributed by atoms with Crippen LogP contribution in [0.1, 0.15) is 33.8 Å². The Bertz CT molecular complexity index is 1180. The van der Waals surface area contributed by atoms with Crippen LogP contribution in [-0.4, -0.2) is 47.7 Å². The zero-order valence-electron chi connectivity index (χ0n) is 19.2. The van der Waals surface area contributed by atoms with Gasteiger partial charge in [0.2, 0.25) is 0 Å². The van der Waals surface area contributed by atoms with E-state index in [9.17, 15) is 19.5 Å². The molecule has 0 heterocycles. The Morgan fingerprint density at radius 1 is 0.943 bits per heavy atom. The van der Waals surface area contributed by atoms with Crippen molar-refractivity contribution < 1.29 is 24.2 Å². The minimum atomic E-state index is -1.07. The van der Waals surface area contributed by atoms with Crippen molar-refractivity contribution in [2.24, 2.45) is 0 Å². The second-order valence-electron chi connectivity index (χ2n) is 8.17. The van der Waals surface area contributed by atoms with Crippen LogP contribution >= 0.6 is 11.8 Å². The van der Waals surface area contributed by atoms with E-state index < -0.39 is 24.0 Å². The summed E-state index contributed by atoms with van der Waals surface area (Å²) in [6.45, 7) is 0.201. The first kappa shape index (κ1) is 24.3. The fourth-order valence-electron chi connectivity index (χ4n) is 4.19. The number of carboxylic acid groups (broad SMARTS) is 1. The van der Waals surface area contributed by atoms with Crippen LogP contribution in [0.15, 0.2) is 72.8 Å². The second-order valence-corrected chi connectivity index (χ2v) is 9.16. The summed E-state index contributed by atoms with van der Waals surface area (Å²) < 4.78 is 5.54. The Kier molecular flexibility index (Phi) is 7.72. The van der Waals surface area contributed by atoms with Gasteiger partial charge in [0, 0.05) is 17.2 Å². The quantitative estimate of drug-likeness (QED) is 0.391. The lowest BCUT2D eigenvalue weighted by atomic mass is 9.98. The van der Waals surface area contributed by atoms with Crippen LogP contribution in [0.2, 0.25) is 0 Å². The van der Waals surface area contributed by atoms with Crippen molar-refractivity contribution in [1.29, 1.82) is 0 Å². The van der Waals surface area contributed by atoms with Crippen LogP contribution in [0.4, 0.5) is 10.5 Å². The number of benzene rings is 3. The first-order valence-electron chi connectivity index (χ1n) is 11.2. The van der Waals surface area contributed by atoms with E-state index >= 15 is 0 Å². The van der Waals surface area contributed by atoms with Gasteiger partial charge in [-0.05, 0) is 64.9 Å². The van der Waals surface area contributed by atoms with Gasteiger partial charge in [-0.25, -0.2) is 9.59 Å². The molecule has 3 N–H and O–H groups in total. The largest absolute Gasteiger partial charge is 0.480 e. The molecular formula is C27H26N2O5S. The number of rotatable bonds is 9. The molecule has 1 atom stereocenters. The lowest BCUT2D eigenvalue weighted by Crippen LogP contribution is -2.41. The van der Waals surface area contributed by atoms with Crippen LogP contribution in [0.25, 0.3) is 11.1 Å². The second kappa shape index (κ2) is 11.1. The Hall–Kier alpha value is -3.78. The fraction of sp³-hybridized carbons (Fsp3) is 0.222. The molecule has 7 nitrogen and oxygen atoms in total. The number of amides is 2. The van der Waals surface area contributed by atoms with E-state index in [0.29, 0.717) is 23.4 Å². The molecule has 0 unspecified atom stereocenters. The number of aliphatic carboxylic acids is 1. The van der Waals surface area contributed by atoms with E-state index in [-0.39, 0.29) is 12.5 Å². The molecule has 180 valence electrons. The highest BCUT2D eigenvalue weighted by Crippen LogP contribution is 2.44. The lowest BCUT2D eigenvalue weighted by molar-refractivity contribution is -0.139. The summed E-state index contributed by atoms with van der Waals surface area (Å²) in [7, 11) is 0. The minimum absolute atomic E-state index is 0.0347. The number of ether oxygens (including phenoxy) is 1. The van der Waals surface area contributed by atoms with E-state index in [0.717, 1.165) is 22.3 Å². The molecule has 8 heteroatoms. The van der Waals surface area contributed by atoms with Gasteiger partial charge in [-0.1, -0.05) is 48.5 Å². The monoisotopic (exact) mass is 490 g/mol. The topological polar surface area (TPSA) is 105 Å². The third-order valence-electron chi connectivity index (χ3n) is 5.95. The molecule has 0 spiro atoms. The molecule has 0 fully saturated rings. The van der Waals surface area contributed by atoms with Crippen molar-refractivity contribution in [3.63, 3.8) is 0 Å². The normalized spacial score (nSPS) is 12.8. The molecule has 1 aliphatic rings. The van der Waals surface area contributed by atoms with Gasteiger partial charge in [-0.3, -0.25) is 10.1 Å². The van der Waals surface area contributed by atoms with Gasteiger partial charge in [0.1, 0.15) is 12.6 Å². The van der Waals surface area contributed by atoms with Crippen molar-refractivity contribution in [1.82, 2.24) is 5.32 Å². The first-order valence-corrected chi connectivity index (χ1v) is 12.6. The third-order valence-corrected chi connectivity index (χ3v) is 6.60. The number of anilines is 1. The highest BCUT2D eigenvalue weighted by molar-refractivity contribution is 7.98. The Balaban J connectivity index is 1.34. The summed E-state index contributed by atoms with van der Waals surface area (Å²) in [5, 5.41) is 14.5. The molecule has 0 radical (unpaired) electrons. The molecule has 0 aliphatic heterocycles. The van der Waals surface area contributed by atoms with E-state index in [1.54, 1.807) is 12.1 Å². The highest BCUT2D eigenvalue weighted by atomic mass is 32.2. The van der Waals surface area contributed by atoms with Gasteiger partial charge in [0.15, 0.2) is 0 Å². The van der Waals surface area contributed by atoms with Gasteiger partial charge in [-0.15, -0.1) is 0 Å². The van der Waals surface area contributed by atoms with E-state index in [1.165, 1.54) is 23.9 Å². The van der Waals surface area contributed by atoms with Crippen molar-refractivity contribution >= 4 is 35.4 Å². The molecule has 0 bridgehead atoms. The maximum absolute atomic E-state index is 12.5. The van der Waals surface area contributed by atoms with E-state index in [4.69, 9.17) is 4.74 Å². The van der Waals surface area contributed by atoms with E-state index in [2.05, 4.69) is 34.9 Å². The maximum Gasteiger partial charge on any atom is 0.411 e. The molecule has 35 heavy (non-hydrogen) atoms. The molecule has 3 aromatic rings. The Morgan fingerprint density at radius 2 is 1.54 bits per heavy atom. The number of hydrogen-bond donors (Lipinski definition) is 3. The van der Waals surface area contributed by atoms with Crippen molar-refractivity contribution in [2.45, 2.75) is 18.4 Å². The van der Waals surface area contributed by atoms with Gasteiger partial charge in [0.05, 0.1) is 0 Å². The summed E-state index contributed by atoms with van der Waals surface area (Å²) in [6, 6.07) is 21.5. The number of thioether (sulfide) groups is 1. The molecule has 4 rings (SSSR count). The van der Waals surface area contributed by atoms with Crippen LogP contribution < -0.4 is 10.6 Å². The number of carbonyl (C=O) groups excluding carboxylic acids is 2. The van der Waals surface area contributed by atoms with Crippen LogP contribution in [0.5, 0.6) is 0 Å². The predicted molar refractivity (Wildman–Crippen MR) is 137 cm³/mol. The van der Waals surface area contributed by atoms with Crippen molar-refractivity contribution in [3.05, 3.63) is 89.5 Å². The van der Waals surface area contributed by atoms with Crippen molar-refractivity contribution in [3.8, 4) is 11.1 Å². The van der Waals surface area contributed by atoms with Crippen LogP contribution in [0, 0.1) is 0 Å². The van der Waals surface area contributed by atoms with Gasteiger partial charge >= 0.3 is 12.1 Å². The highest BCUT2D eigenvalue weighted by Gasteiger charge is 2.29. The van der Waals surface area contributed by atoms with Crippen LogP contribution in [0.3, 0.4) is 0 Å². The molecule has 3 aromatic carbocycles. The lowest BCUT2D eigenvalue weighted by Gasteiger charge is -2.15. The predicted octanol–water partition coefficient (Wildman–Crippen LogP) is 4.98. The average Bonchev–Trinajstić information content (AvgIpc) is 3.19. The Morgan fingerprint density at radius 3 is 2.11 bits per heavy atom. The Labute approximate surface area is 207 Å². The maximum atomic E-state index is 12.5. The molecule has 1 aliphatic carbocycles. The number of carboxylic acids is 1. The number of hydrogen-bond acceptors (Lipinski definition) is 5. The van der Waals surface area contributed by atoms with Gasteiger partial charge < -0.3 is 15.2 Å². The summed E-state index contributed by atoms with van der Waals surface area (Å²) in [5.41, 5.74) is 5.35. The summed E-state index contributed by atoms with van der Waals surface area (Å²) in [4.78, 5) is 36.2.